The third-order valence-corrected chi connectivity index (χ3v) is 5.46. The van der Waals surface area contributed by atoms with Crippen molar-refractivity contribution in [1.29, 1.82) is 0 Å². The summed E-state index contributed by atoms with van der Waals surface area (Å²) in [7, 11) is 0. The average Bonchev–Trinajstić information content (AvgIpc) is 3.07. The molecular weight excluding hydrogens is 393 g/mol. The maximum Gasteiger partial charge on any atom is 0.306 e. The van der Waals surface area contributed by atoms with E-state index in [0.29, 0.717) is 0 Å². The van der Waals surface area contributed by atoms with E-state index in [9.17, 15) is 24.1 Å². The van der Waals surface area contributed by atoms with Gasteiger partial charge in [0.1, 0.15) is 12.1 Å². The quantitative estimate of drug-likeness (QED) is 0.398. The number of rotatable bonds is 4. The maximum absolute atomic E-state index is 13.5. The van der Waals surface area contributed by atoms with Crippen LogP contribution in [0.5, 0.6) is 0 Å². The average molecular weight is 413 g/mol. The van der Waals surface area contributed by atoms with E-state index in [4.69, 9.17) is 0 Å². The number of nitrogens with zero attached hydrogens (tertiary/aromatic N) is 2. The monoisotopic (exact) mass is 413 g/mol. The zero-order valence-corrected chi connectivity index (χ0v) is 16.0. The summed E-state index contributed by atoms with van der Waals surface area (Å²) in [6.45, 7) is 2.00. The third-order valence-electron chi connectivity index (χ3n) is 5.46. The van der Waals surface area contributed by atoms with Crippen molar-refractivity contribution >= 4 is 28.8 Å². The molecule has 4 rings (SSSR count). The van der Waals surface area contributed by atoms with Gasteiger partial charge in [0.05, 0.1) is 16.5 Å². The first-order valence-electron chi connectivity index (χ1n) is 9.49. The lowest BCUT2D eigenvalue weighted by molar-refractivity contribution is -0.387. The highest BCUT2D eigenvalue weighted by Crippen LogP contribution is 2.32. The summed E-state index contributed by atoms with van der Waals surface area (Å²) in [5.41, 5.74) is 3.50. The van der Waals surface area contributed by atoms with E-state index in [0.717, 1.165) is 17.8 Å². The number of Topliss-reactive ketones (excluding diaryl/α,β-unsaturated/α-hetero) is 1. The summed E-state index contributed by atoms with van der Waals surface area (Å²) in [6, 6.07) is 12.4. The fourth-order valence-corrected chi connectivity index (χ4v) is 4.01. The zero-order valence-electron chi connectivity index (χ0n) is 16.0. The number of anilines is 2. The van der Waals surface area contributed by atoms with Crippen LogP contribution in [0.3, 0.4) is 0 Å². The van der Waals surface area contributed by atoms with Gasteiger partial charge in [-0.1, -0.05) is 18.2 Å². The van der Waals surface area contributed by atoms with Crippen LogP contribution >= 0.6 is 0 Å². The van der Waals surface area contributed by atoms with Gasteiger partial charge in [0.2, 0.25) is 11.7 Å². The first-order chi connectivity index (χ1) is 14.4. The van der Waals surface area contributed by atoms with Gasteiger partial charge in [-0.25, -0.2) is 5.43 Å². The van der Waals surface area contributed by atoms with Gasteiger partial charge >= 0.3 is 5.69 Å². The molecule has 30 heavy (non-hydrogen) atoms. The van der Waals surface area contributed by atoms with Crippen LogP contribution in [0.15, 0.2) is 48.5 Å². The number of halogens is 1. The summed E-state index contributed by atoms with van der Waals surface area (Å²) >= 11 is 0. The van der Waals surface area contributed by atoms with Crippen LogP contribution < -0.4 is 21.1 Å². The molecule has 2 aliphatic rings. The van der Waals surface area contributed by atoms with Crippen molar-refractivity contribution in [1.82, 2.24) is 10.7 Å². The van der Waals surface area contributed by atoms with Crippen molar-refractivity contribution < 1.29 is 18.9 Å². The zero-order chi connectivity index (χ0) is 21.4. The second-order valence-electron chi connectivity index (χ2n) is 7.37. The van der Waals surface area contributed by atoms with E-state index < -0.39 is 34.2 Å². The van der Waals surface area contributed by atoms with Gasteiger partial charge in [0.15, 0.2) is 5.78 Å². The van der Waals surface area contributed by atoms with Crippen molar-refractivity contribution in [3.63, 3.8) is 0 Å². The van der Waals surface area contributed by atoms with Crippen LogP contribution in [0.4, 0.5) is 21.5 Å². The Bertz CT molecular complexity index is 1000. The Balaban J connectivity index is 1.50. The largest absolute Gasteiger partial charge is 0.325 e. The molecule has 4 atom stereocenters. The van der Waals surface area contributed by atoms with Gasteiger partial charge in [-0.05, 0) is 31.2 Å². The topological polar surface area (TPSA) is 117 Å². The van der Waals surface area contributed by atoms with Crippen molar-refractivity contribution in [3.05, 3.63) is 64.5 Å². The number of nitro groups is 1. The first kappa shape index (κ1) is 19.9. The van der Waals surface area contributed by atoms with E-state index in [1.54, 1.807) is 0 Å². The number of para-hydroxylation sites is 1. The van der Waals surface area contributed by atoms with Gasteiger partial charge in [0, 0.05) is 24.3 Å². The molecule has 2 aliphatic heterocycles. The molecule has 2 aromatic rings. The van der Waals surface area contributed by atoms with Gasteiger partial charge < -0.3 is 5.32 Å². The minimum atomic E-state index is -0.997. The number of hydrogen-bond donors (Lipinski definition) is 3. The lowest BCUT2D eigenvalue weighted by Gasteiger charge is -2.35. The normalized spacial score (nSPS) is 25.7. The van der Waals surface area contributed by atoms with Crippen LogP contribution in [0.2, 0.25) is 0 Å². The predicted molar refractivity (Wildman–Crippen MR) is 107 cm³/mol. The number of benzene rings is 2. The molecule has 0 aromatic heterocycles. The molecule has 0 saturated carbocycles. The van der Waals surface area contributed by atoms with Crippen molar-refractivity contribution in [2.24, 2.45) is 11.8 Å². The Morgan fingerprint density at radius 1 is 1.27 bits per heavy atom. The molecule has 3 N–H and O–H groups in total. The number of piperidine rings is 1. The highest BCUT2D eigenvalue weighted by Gasteiger charge is 2.50. The number of carbonyl (C=O) groups is 2. The fourth-order valence-electron chi connectivity index (χ4n) is 4.01. The van der Waals surface area contributed by atoms with Gasteiger partial charge in [-0.2, -0.15) is 4.39 Å². The maximum atomic E-state index is 13.5. The van der Waals surface area contributed by atoms with Crippen LogP contribution in [0, 0.1) is 27.8 Å². The molecule has 10 heteroatoms. The Labute approximate surface area is 171 Å². The molecule has 2 heterocycles. The first-order valence-corrected chi connectivity index (χ1v) is 9.49. The standard InChI is InChI=1S/C20H20FN5O4/c1-11-17-18(27)14(10-22-19(17)25(24-11)13-5-3-2-4-6-13)20(28)23-12-7-8-15(21)16(9-12)26(29)30/h2-9,11,14,17,19,22,24H,10H2,1H3,(H,23,28). The second-order valence-corrected chi connectivity index (χ2v) is 7.37. The van der Waals surface area contributed by atoms with E-state index in [-0.39, 0.29) is 30.2 Å². The molecule has 0 bridgehead atoms. The van der Waals surface area contributed by atoms with Gasteiger partial charge in [0.25, 0.3) is 0 Å². The predicted octanol–water partition coefficient (Wildman–Crippen LogP) is 1.82. The molecule has 2 saturated heterocycles. The summed E-state index contributed by atoms with van der Waals surface area (Å²) in [5, 5.41) is 18.5. The summed E-state index contributed by atoms with van der Waals surface area (Å²) in [5.74, 6) is -3.22. The van der Waals surface area contributed by atoms with Crippen LogP contribution in [-0.2, 0) is 9.59 Å². The molecule has 0 aliphatic carbocycles. The Kier molecular flexibility index (Phi) is 5.18. The number of hydrazine groups is 1. The second kappa shape index (κ2) is 7.81. The molecule has 2 fully saturated rings. The number of amides is 1. The minimum absolute atomic E-state index is 0.0616. The number of hydrogen-bond acceptors (Lipinski definition) is 7. The van der Waals surface area contributed by atoms with E-state index >= 15 is 0 Å². The molecule has 2 aromatic carbocycles. The molecule has 0 radical (unpaired) electrons. The van der Waals surface area contributed by atoms with E-state index in [1.165, 1.54) is 6.07 Å². The molecule has 1 amide bonds. The third kappa shape index (κ3) is 3.51. The Morgan fingerprint density at radius 3 is 2.70 bits per heavy atom. The summed E-state index contributed by atoms with van der Waals surface area (Å²) in [4.78, 5) is 35.9. The molecule has 0 spiro atoms. The number of nitro benzene ring substituents is 1. The van der Waals surface area contributed by atoms with Gasteiger partial charge in [-0.15, -0.1) is 0 Å². The van der Waals surface area contributed by atoms with Crippen molar-refractivity contribution in [2.45, 2.75) is 19.1 Å². The molecule has 156 valence electrons. The SMILES string of the molecule is CC1NN(c2ccccc2)C2NCC(C(=O)Nc3ccc(F)c([N+](=O)[O-])c3)C(=O)C12. The van der Waals surface area contributed by atoms with Crippen molar-refractivity contribution in [2.75, 3.05) is 16.9 Å². The van der Waals surface area contributed by atoms with E-state index in [1.807, 2.05) is 42.3 Å². The van der Waals surface area contributed by atoms with Crippen LogP contribution in [0.25, 0.3) is 0 Å². The lowest BCUT2D eigenvalue weighted by Crippen LogP contribution is -2.58. The summed E-state index contributed by atoms with van der Waals surface area (Å²) < 4.78 is 13.5. The highest BCUT2D eigenvalue weighted by molar-refractivity contribution is 6.09. The Morgan fingerprint density at radius 2 is 2.00 bits per heavy atom. The smallest absolute Gasteiger partial charge is 0.306 e. The minimum Gasteiger partial charge on any atom is -0.325 e. The van der Waals surface area contributed by atoms with E-state index in [2.05, 4.69) is 16.1 Å². The highest BCUT2D eigenvalue weighted by atomic mass is 19.1. The van der Waals surface area contributed by atoms with Gasteiger partial charge in [-0.3, -0.25) is 30.0 Å². The number of carbonyl (C=O) groups excluding carboxylic acids is 2. The van der Waals surface area contributed by atoms with Crippen LogP contribution in [-0.4, -0.2) is 35.4 Å². The number of ketones is 1. The lowest BCUT2D eigenvalue weighted by atomic mass is 9.83. The molecule has 4 unspecified atom stereocenters. The summed E-state index contributed by atoms with van der Waals surface area (Å²) in [6.07, 6.45) is -0.300. The fraction of sp³-hybridized carbons (Fsp3) is 0.300. The van der Waals surface area contributed by atoms with Crippen LogP contribution in [0.1, 0.15) is 6.92 Å². The number of fused-ring (bicyclic) bond motifs is 1. The number of nitrogens with one attached hydrogen (secondary N) is 3. The molecule has 9 nitrogen and oxygen atoms in total. The van der Waals surface area contributed by atoms with Crippen molar-refractivity contribution in [3.8, 4) is 0 Å². The molecular formula is C20H20FN5O4. The Hall–Kier alpha value is -3.37.